The van der Waals surface area contributed by atoms with Gasteiger partial charge in [-0.15, -0.1) is 0 Å². The Balaban J connectivity index is 2.48. The molecule has 0 unspecified atom stereocenters. The third kappa shape index (κ3) is 4.55. The van der Waals surface area contributed by atoms with E-state index in [2.05, 4.69) is 10.6 Å². The van der Waals surface area contributed by atoms with Gasteiger partial charge in [-0.2, -0.15) is 0 Å². The van der Waals surface area contributed by atoms with Crippen LogP contribution in [0.4, 0.5) is 5.69 Å². The van der Waals surface area contributed by atoms with E-state index >= 15 is 0 Å². The number of amides is 2. The lowest BCUT2D eigenvalue weighted by Crippen LogP contribution is -2.46. The molecule has 0 heterocycles. The van der Waals surface area contributed by atoms with Crippen molar-refractivity contribution >= 4 is 17.5 Å². The molecule has 1 atom stereocenters. The van der Waals surface area contributed by atoms with Crippen molar-refractivity contribution in [2.45, 2.75) is 26.8 Å². The zero-order chi connectivity index (χ0) is 15.3. The summed E-state index contributed by atoms with van der Waals surface area (Å²) in [6.07, 6.45) is 0. The zero-order valence-corrected chi connectivity index (χ0v) is 11.9. The van der Waals surface area contributed by atoms with Crippen molar-refractivity contribution in [3.8, 4) is 5.75 Å². The molecule has 0 aliphatic rings. The van der Waals surface area contributed by atoms with E-state index in [-0.39, 0.29) is 30.0 Å². The average Bonchev–Trinajstić information content (AvgIpc) is 2.39. The first-order chi connectivity index (χ1) is 9.31. The third-order valence-corrected chi connectivity index (χ3v) is 2.94. The number of rotatable bonds is 5. The lowest BCUT2D eigenvalue weighted by Gasteiger charge is -2.15. The van der Waals surface area contributed by atoms with E-state index in [1.54, 1.807) is 19.1 Å². The van der Waals surface area contributed by atoms with Gasteiger partial charge in [0.15, 0.2) is 0 Å². The minimum Gasteiger partial charge on any atom is -0.508 e. The maximum absolute atomic E-state index is 11.7. The Morgan fingerprint density at radius 3 is 2.55 bits per heavy atom. The summed E-state index contributed by atoms with van der Waals surface area (Å²) in [7, 11) is 0. The SMILES string of the molecule is Cc1ccc(NC(=O)CNC(=O)[C@@H](N)C(C)C)cc1O. The standard InChI is InChI=1S/C14H21N3O3/c1-8(2)13(15)14(20)16-7-12(19)17-10-5-4-9(3)11(18)6-10/h4-6,8,13,18H,7,15H2,1-3H3,(H,16,20)(H,17,19)/t13-/m0/s1. The summed E-state index contributed by atoms with van der Waals surface area (Å²) >= 11 is 0. The van der Waals surface area contributed by atoms with Crippen LogP contribution in [0.15, 0.2) is 18.2 Å². The predicted octanol–water partition coefficient (Wildman–Crippen LogP) is 0.739. The number of phenols is 1. The smallest absolute Gasteiger partial charge is 0.243 e. The predicted molar refractivity (Wildman–Crippen MR) is 77.3 cm³/mol. The number of hydrogen-bond donors (Lipinski definition) is 4. The van der Waals surface area contributed by atoms with Crippen molar-refractivity contribution in [3.63, 3.8) is 0 Å². The van der Waals surface area contributed by atoms with Crippen LogP contribution in [0.5, 0.6) is 5.75 Å². The summed E-state index contributed by atoms with van der Waals surface area (Å²) in [5.41, 5.74) is 6.85. The van der Waals surface area contributed by atoms with Crippen LogP contribution in [0.3, 0.4) is 0 Å². The number of carbonyl (C=O) groups is 2. The van der Waals surface area contributed by atoms with Crippen molar-refractivity contribution in [1.82, 2.24) is 5.32 Å². The highest BCUT2D eigenvalue weighted by atomic mass is 16.3. The number of aryl methyl sites for hydroxylation is 1. The van der Waals surface area contributed by atoms with Crippen LogP contribution < -0.4 is 16.4 Å². The second kappa shape index (κ2) is 6.91. The van der Waals surface area contributed by atoms with E-state index in [4.69, 9.17) is 5.73 Å². The average molecular weight is 279 g/mol. The van der Waals surface area contributed by atoms with Gasteiger partial charge in [0.25, 0.3) is 0 Å². The lowest BCUT2D eigenvalue weighted by molar-refractivity contribution is -0.125. The van der Waals surface area contributed by atoms with E-state index in [9.17, 15) is 14.7 Å². The summed E-state index contributed by atoms with van der Waals surface area (Å²) < 4.78 is 0. The highest BCUT2D eigenvalue weighted by Gasteiger charge is 2.17. The Morgan fingerprint density at radius 2 is 2.00 bits per heavy atom. The first kappa shape index (κ1) is 16.0. The summed E-state index contributed by atoms with van der Waals surface area (Å²) in [4.78, 5) is 23.2. The fraction of sp³-hybridized carbons (Fsp3) is 0.429. The minimum absolute atomic E-state index is 0.00658. The topological polar surface area (TPSA) is 104 Å². The molecule has 0 fully saturated rings. The van der Waals surface area contributed by atoms with E-state index < -0.39 is 6.04 Å². The molecule has 110 valence electrons. The molecule has 1 aromatic carbocycles. The molecule has 6 heteroatoms. The summed E-state index contributed by atoms with van der Waals surface area (Å²) in [5, 5.41) is 14.6. The molecule has 0 saturated heterocycles. The van der Waals surface area contributed by atoms with Crippen LogP contribution in [0.1, 0.15) is 19.4 Å². The normalized spacial score (nSPS) is 12.1. The highest BCUT2D eigenvalue weighted by Crippen LogP contribution is 2.20. The third-order valence-electron chi connectivity index (χ3n) is 2.94. The quantitative estimate of drug-likeness (QED) is 0.638. The van der Waals surface area contributed by atoms with E-state index in [0.717, 1.165) is 5.56 Å². The second-order valence-electron chi connectivity index (χ2n) is 5.04. The van der Waals surface area contributed by atoms with Crippen molar-refractivity contribution < 1.29 is 14.7 Å². The van der Waals surface area contributed by atoms with E-state index in [1.165, 1.54) is 6.07 Å². The van der Waals surface area contributed by atoms with Gasteiger partial charge in [-0.1, -0.05) is 19.9 Å². The van der Waals surface area contributed by atoms with Crippen molar-refractivity contribution in [3.05, 3.63) is 23.8 Å². The first-order valence-corrected chi connectivity index (χ1v) is 6.44. The van der Waals surface area contributed by atoms with Crippen molar-refractivity contribution in [2.24, 2.45) is 11.7 Å². The molecule has 2 amide bonds. The maximum Gasteiger partial charge on any atom is 0.243 e. The molecule has 0 spiro atoms. The highest BCUT2D eigenvalue weighted by molar-refractivity contribution is 5.95. The summed E-state index contributed by atoms with van der Waals surface area (Å²) in [5.74, 6) is -0.625. The fourth-order valence-corrected chi connectivity index (χ4v) is 1.48. The molecule has 0 radical (unpaired) electrons. The molecular weight excluding hydrogens is 258 g/mol. The Hall–Kier alpha value is -2.08. The molecule has 0 aliphatic carbocycles. The van der Waals surface area contributed by atoms with Gasteiger partial charge in [-0.3, -0.25) is 9.59 Å². The molecule has 0 saturated carbocycles. The van der Waals surface area contributed by atoms with Crippen molar-refractivity contribution in [1.29, 1.82) is 0 Å². The number of benzene rings is 1. The largest absolute Gasteiger partial charge is 0.508 e. The van der Waals surface area contributed by atoms with Gasteiger partial charge in [-0.25, -0.2) is 0 Å². The number of phenolic OH excluding ortho intramolecular Hbond substituents is 1. The second-order valence-corrected chi connectivity index (χ2v) is 5.04. The molecule has 20 heavy (non-hydrogen) atoms. The molecular formula is C14H21N3O3. The van der Waals surface area contributed by atoms with Gasteiger partial charge in [0.05, 0.1) is 12.6 Å². The van der Waals surface area contributed by atoms with Crippen molar-refractivity contribution in [2.75, 3.05) is 11.9 Å². The Labute approximate surface area is 118 Å². The lowest BCUT2D eigenvalue weighted by atomic mass is 10.1. The molecule has 0 aromatic heterocycles. The Bertz CT molecular complexity index is 500. The Morgan fingerprint density at radius 1 is 1.35 bits per heavy atom. The van der Waals surface area contributed by atoms with Crippen LogP contribution in [-0.4, -0.2) is 29.5 Å². The number of carbonyl (C=O) groups excluding carboxylic acids is 2. The van der Waals surface area contributed by atoms with Gasteiger partial charge in [0.1, 0.15) is 5.75 Å². The maximum atomic E-state index is 11.7. The number of nitrogens with one attached hydrogen (secondary N) is 2. The van der Waals surface area contributed by atoms with Crippen LogP contribution in [-0.2, 0) is 9.59 Å². The minimum atomic E-state index is -0.633. The van der Waals surface area contributed by atoms with Gasteiger partial charge in [-0.05, 0) is 24.5 Å². The fourth-order valence-electron chi connectivity index (χ4n) is 1.48. The van der Waals surface area contributed by atoms with Crippen LogP contribution in [0.2, 0.25) is 0 Å². The van der Waals surface area contributed by atoms with Gasteiger partial charge in [0.2, 0.25) is 11.8 Å². The van der Waals surface area contributed by atoms with E-state index in [1.807, 2.05) is 13.8 Å². The van der Waals surface area contributed by atoms with Crippen LogP contribution in [0.25, 0.3) is 0 Å². The number of anilines is 1. The molecule has 1 aromatic rings. The molecule has 0 aliphatic heterocycles. The molecule has 1 rings (SSSR count). The van der Waals surface area contributed by atoms with Gasteiger partial charge < -0.3 is 21.5 Å². The van der Waals surface area contributed by atoms with E-state index in [0.29, 0.717) is 5.69 Å². The van der Waals surface area contributed by atoms with Crippen LogP contribution >= 0.6 is 0 Å². The summed E-state index contributed by atoms with van der Waals surface area (Å²) in [6, 6.07) is 4.19. The van der Waals surface area contributed by atoms with Gasteiger partial charge in [0, 0.05) is 11.8 Å². The number of nitrogens with two attached hydrogens (primary N) is 1. The molecule has 0 bridgehead atoms. The van der Waals surface area contributed by atoms with Crippen LogP contribution in [0, 0.1) is 12.8 Å². The zero-order valence-electron chi connectivity index (χ0n) is 11.9. The first-order valence-electron chi connectivity index (χ1n) is 6.44. The Kier molecular flexibility index (Phi) is 5.52. The molecule has 6 nitrogen and oxygen atoms in total. The monoisotopic (exact) mass is 279 g/mol. The summed E-state index contributed by atoms with van der Waals surface area (Å²) in [6.45, 7) is 5.27. The van der Waals surface area contributed by atoms with Gasteiger partial charge >= 0.3 is 0 Å². The number of hydrogen-bond acceptors (Lipinski definition) is 4. The molecule has 5 N–H and O–H groups in total. The number of aromatic hydroxyl groups is 1.